The number of aryl methyl sites for hydroxylation is 1. The van der Waals surface area contributed by atoms with E-state index in [1.54, 1.807) is 0 Å². The minimum atomic E-state index is -0.293. The van der Waals surface area contributed by atoms with E-state index in [0.29, 0.717) is 19.5 Å². The number of hydrogen-bond donors (Lipinski definition) is 1. The van der Waals surface area contributed by atoms with E-state index in [-0.39, 0.29) is 28.2 Å². The lowest BCUT2D eigenvalue weighted by Crippen LogP contribution is -2.49. The second-order valence-corrected chi connectivity index (χ2v) is 11.2. The molecule has 4 heteroatoms. The first-order chi connectivity index (χ1) is 15.5. The highest BCUT2D eigenvalue weighted by molar-refractivity contribution is 5.96. The van der Waals surface area contributed by atoms with Crippen LogP contribution in [0.15, 0.2) is 48.6 Å². The summed E-state index contributed by atoms with van der Waals surface area (Å²) in [6.45, 7) is 12.2. The number of urea groups is 1. The first-order valence-corrected chi connectivity index (χ1v) is 12.1. The fraction of sp³-hybridized carbons (Fsp3) is 0.448. The van der Waals surface area contributed by atoms with Crippen LogP contribution in [0.5, 0.6) is 0 Å². The molecule has 1 N–H and O–H groups in total. The summed E-state index contributed by atoms with van der Waals surface area (Å²) in [7, 11) is 0. The van der Waals surface area contributed by atoms with Crippen molar-refractivity contribution in [2.24, 2.45) is 0 Å². The Kier molecular flexibility index (Phi) is 4.86. The van der Waals surface area contributed by atoms with Gasteiger partial charge in [0.15, 0.2) is 0 Å². The van der Waals surface area contributed by atoms with E-state index < -0.39 is 0 Å². The van der Waals surface area contributed by atoms with Crippen LogP contribution in [-0.2, 0) is 27.6 Å². The SMILES string of the molecule is Cc1cc2c(cc1C1(c3ccc(CN4C(=O)CCNC4=O)cc3)CC1)C(C)(C)C=CC2(C)C. The molecule has 3 amide bonds. The minimum absolute atomic E-state index is 0.0226. The highest BCUT2D eigenvalue weighted by Gasteiger charge is 2.48. The first-order valence-electron chi connectivity index (χ1n) is 12.1. The molecule has 2 aromatic carbocycles. The minimum Gasteiger partial charge on any atom is -0.337 e. The Labute approximate surface area is 197 Å². The molecule has 5 rings (SSSR count). The number of amides is 3. The largest absolute Gasteiger partial charge is 0.337 e. The third kappa shape index (κ3) is 3.60. The number of nitrogens with one attached hydrogen (secondary N) is 1. The molecule has 3 aliphatic rings. The molecule has 4 nitrogen and oxygen atoms in total. The van der Waals surface area contributed by atoms with Gasteiger partial charge in [-0.15, -0.1) is 0 Å². The van der Waals surface area contributed by atoms with Crippen molar-refractivity contribution in [3.63, 3.8) is 0 Å². The molecule has 0 spiro atoms. The Morgan fingerprint density at radius 3 is 2.06 bits per heavy atom. The maximum Gasteiger partial charge on any atom is 0.324 e. The van der Waals surface area contributed by atoms with Gasteiger partial charge in [0.05, 0.1) is 6.54 Å². The van der Waals surface area contributed by atoms with E-state index >= 15 is 0 Å². The topological polar surface area (TPSA) is 49.4 Å². The van der Waals surface area contributed by atoms with Crippen LogP contribution < -0.4 is 5.32 Å². The second kappa shape index (κ2) is 7.31. The van der Waals surface area contributed by atoms with E-state index in [2.05, 4.69) is 88.5 Å². The fourth-order valence-corrected chi connectivity index (χ4v) is 5.62. The molecule has 0 bridgehead atoms. The molecule has 0 aromatic heterocycles. The number of carbonyl (C=O) groups is 2. The predicted octanol–water partition coefficient (Wildman–Crippen LogP) is 5.64. The predicted molar refractivity (Wildman–Crippen MR) is 131 cm³/mol. The molecule has 33 heavy (non-hydrogen) atoms. The smallest absolute Gasteiger partial charge is 0.324 e. The van der Waals surface area contributed by atoms with Gasteiger partial charge in [-0.2, -0.15) is 0 Å². The van der Waals surface area contributed by atoms with E-state index in [4.69, 9.17) is 0 Å². The maximum atomic E-state index is 12.1. The van der Waals surface area contributed by atoms with E-state index in [0.717, 1.165) is 18.4 Å². The Bertz CT molecular complexity index is 1150. The second-order valence-electron chi connectivity index (χ2n) is 11.2. The highest BCUT2D eigenvalue weighted by Crippen LogP contribution is 2.56. The van der Waals surface area contributed by atoms with Gasteiger partial charge in [0.2, 0.25) is 5.91 Å². The van der Waals surface area contributed by atoms with E-state index in [1.165, 1.54) is 32.7 Å². The van der Waals surface area contributed by atoms with Crippen molar-refractivity contribution in [1.82, 2.24) is 10.2 Å². The number of carbonyl (C=O) groups excluding carboxylic acids is 2. The molecule has 1 saturated heterocycles. The normalized spacial score (nSPS) is 22.0. The molecule has 1 aliphatic heterocycles. The molecule has 0 unspecified atom stereocenters. The van der Waals surface area contributed by atoms with Crippen molar-refractivity contribution in [3.05, 3.63) is 81.9 Å². The summed E-state index contributed by atoms with van der Waals surface area (Å²) in [5.41, 5.74) is 8.13. The van der Waals surface area contributed by atoms with Crippen LogP contribution in [0.1, 0.15) is 80.3 Å². The number of fused-ring (bicyclic) bond motifs is 1. The van der Waals surface area contributed by atoms with Crippen LogP contribution in [-0.4, -0.2) is 23.4 Å². The van der Waals surface area contributed by atoms with Crippen LogP contribution in [0.2, 0.25) is 0 Å². The van der Waals surface area contributed by atoms with Gasteiger partial charge in [-0.05, 0) is 53.1 Å². The van der Waals surface area contributed by atoms with Crippen LogP contribution in [0.4, 0.5) is 4.79 Å². The summed E-state index contributed by atoms with van der Waals surface area (Å²) in [6.07, 6.45) is 7.39. The fourth-order valence-electron chi connectivity index (χ4n) is 5.62. The van der Waals surface area contributed by atoms with Gasteiger partial charge in [0.1, 0.15) is 0 Å². The number of hydrogen-bond acceptors (Lipinski definition) is 2. The first kappa shape index (κ1) is 21.9. The van der Waals surface area contributed by atoms with Crippen molar-refractivity contribution in [3.8, 4) is 0 Å². The van der Waals surface area contributed by atoms with Gasteiger partial charge in [-0.25, -0.2) is 4.79 Å². The molecule has 2 fully saturated rings. The number of imide groups is 1. The Morgan fingerprint density at radius 2 is 1.48 bits per heavy atom. The highest BCUT2D eigenvalue weighted by atomic mass is 16.2. The van der Waals surface area contributed by atoms with E-state index in [1.807, 2.05) is 0 Å². The van der Waals surface area contributed by atoms with Crippen molar-refractivity contribution >= 4 is 11.9 Å². The van der Waals surface area contributed by atoms with Gasteiger partial charge in [0.25, 0.3) is 0 Å². The molecule has 2 aromatic rings. The average molecular weight is 443 g/mol. The summed E-state index contributed by atoms with van der Waals surface area (Å²) in [4.78, 5) is 25.5. The summed E-state index contributed by atoms with van der Waals surface area (Å²) >= 11 is 0. The monoisotopic (exact) mass is 442 g/mol. The van der Waals surface area contributed by atoms with Crippen molar-refractivity contribution < 1.29 is 9.59 Å². The molecule has 172 valence electrons. The number of nitrogens with zero attached hydrogens (tertiary/aromatic N) is 1. The Balaban J connectivity index is 1.47. The van der Waals surface area contributed by atoms with Crippen LogP contribution in [0.25, 0.3) is 0 Å². The number of rotatable bonds is 4. The van der Waals surface area contributed by atoms with Crippen LogP contribution >= 0.6 is 0 Å². The van der Waals surface area contributed by atoms with Crippen LogP contribution in [0, 0.1) is 6.92 Å². The van der Waals surface area contributed by atoms with E-state index in [9.17, 15) is 9.59 Å². The Morgan fingerprint density at radius 1 is 0.879 bits per heavy atom. The molecule has 1 heterocycles. The van der Waals surface area contributed by atoms with Crippen molar-refractivity contribution in [2.75, 3.05) is 6.54 Å². The zero-order valence-corrected chi connectivity index (χ0v) is 20.4. The van der Waals surface area contributed by atoms with Gasteiger partial charge >= 0.3 is 6.03 Å². The van der Waals surface area contributed by atoms with Crippen molar-refractivity contribution in [2.45, 2.75) is 76.7 Å². The lowest BCUT2D eigenvalue weighted by molar-refractivity contribution is -0.129. The molecule has 0 atom stereocenters. The third-order valence-corrected chi connectivity index (χ3v) is 7.94. The zero-order chi connectivity index (χ0) is 23.6. The van der Waals surface area contributed by atoms with Gasteiger partial charge in [0, 0.05) is 29.2 Å². The van der Waals surface area contributed by atoms with Gasteiger partial charge in [-0.1, -0.05) is 76.2 Å². The number of allylic oxidation sites excluding steroid dienone is 2. The summed E-state index contributed by atoms with van der Waals surface area (Å²) in [5.74, 6) is -0.106. The quantitative estimate of drug-likeness (QED) is 0.623. The third-order valence-electron chi connectivity index (χ3n) is 7.94. The molecule has 2 aliphatic carbocycles. The maximum absolute atomic E-state index is 12.1. The summed E-state index contributed by atoms with van der Waals surface area (Å²) in [6, 6.07) is 13.2. The van der Waals surface area contributed by atoms with Gasteiger partial charge in [-0.3, -0.25) is 9.69 Å². The zero-order valence-electron chi connectivity index (χ0n) is 20.4. The lowest BCUT2D eigenvalue weighted by atomic mass is 9.66. The molecular weight excluding hydrogens is 408 g/mol. The summed E-state index contributed by atoms with van der Waals surface area (Å²) < 4.78 is 0. The average Bonchev–Trinajstić information content (AvgIpc) is 3.56. The number of benzene rings is 2. The summed E-state index contributed by atoms with van der Waals surface area (Å²) in [5, 5.41) is 2.75. The lowest BCUT2D eigenvalue weighted by Gasteiger charge is -2.38. The van der Waals surface area contributed by atoms with Gasteiger partial charge < -0.3 is 5.32 Å². The Hall–Kier alpha value is -2.88. The van der Waals surface area contributed by atoms with Crippen LogP contribution in [0.3, 0.4) is 0 Å². The molecule has 1 saturated carbocycles. The molecule has 0 radical (unpaired) electrons. The standard InChI is InChI=1S/C29H34N2O2/c1-19-16-23-24(28(4,5)12-11-27(23,2)3)17-22(19)29(13-14-29)21-8-6-20(7-9-21)18-31-25(32)10-15-30-26(31)33/h6-9,11-12,16-17H,10,13-15,18H2,1-5H3,(H,30,33). The van der Waals surface area contributed by atoms with Crippen molar-refractivity contribution in [1.29, 1.82) is 0 Å². The molecular formula is C29H34N2O2.